The molecule has 2 saturated heterocycles. The minimum Gasteiger partial charge on any atom is -0.397 e. The van der Waals surface area contributed by atoms with Gasteiger partial charge in [0.1, 0.15) is 17.3 Å². The van der Waals surface area contributed by atoms with E-state index in [2.05, 4.69) is 4.98 Å². The second kappa shape index (κ2) is 14.0. The second-order valence-corrected chi connectivity index (χ2v) is 10.9. The third-order valence-corrected chi connectivity index (χ3v) is 8.01. The molecule has 0 bridgehead atoms. The quantitative estimate of drug-likeness (QED) is 0.336. The van der Waals surface area contributed by atoms with E-state index in [0.29, 0.717) is 68.2 Å². The van der Waals surface area contributed by atoms with Gasteiger partial charge >= 0.3 is 0 Å². The maximum absolute atomic E-state index is 12.4. The summed E-state index contributed by atoms with van der Waals surface area (Å²) < 4.78 is 1.58. The van der Waals surface area contributed by atoms with Crippen LogP contribution in [0.3, 0.4) is 0 Å². The van der Waals surface area contributed by atoms with Gasteiger partial charge in [-0.15, -0.1) is 23.2 Å². The molecule has 1 aromatic heterocycles. The van der Waals surface area contributed by atoms with E-state index in [-0.39, 0.29) is 41.0 Å². The molecule has 3 aliphatic rings. The molecular weight excluding hydrogens is 579 g/mol. The summed E-state index contributed by atoms with van der Waals surface area (Å²) >= 11 is 11.0. The molecule has 0 aliphatic carbocycles. The number of para-hydroxylation sites is 2. The molecule has 0 spiro atoms. The Morgan fingerprint density at radius 1 is 0.881 bits per heavy atom. The van der Waals surface area contributed by atoms with E-state index in [1.165, 1.54) is 6.33 Å². The Kier molecular flexibility index (Phi) is 10.5. The number of halogens is 2. The van der Waals surface area contributed by atoms with Crippen molar-refractivity contribution in [3.63, 3.8) is 0 Å². The summed E-state index contributed by atoms with van der Waals surface area (Å²) in [6, 6.07) is 13.1. The summed E-state index contributed by atoms with van der Waals surface area (Å²) in [7, 11) is 0. The number of likely N-dealkylation sites (tertiary alicyclic amines) is 2. The van der Waals surface area contributed by atoms with E-state index in [1.54, 1.807) is 32.6 Å². The molecule has 12 heteroatoms. The van der Waals surface area contributed by atoms with Crippen LogP contribution < -0.4 is 16.2 Å². The third-order valence-electron chi connectivity index (χ3n) is 7.55. The average Bonchev–Trinajstić information content (AvgIpc) is 3.28. The molecule has 0 atom stereocenters. The Balaban J connectivity index is 0.000000183. The molecule has 3 aromatic rings. The van der Waals surface area contributed by atoms with Gasteiger partial charge < -0.3 is 20.4 Å². The molecule has 2 aromatic carbocycles. The zero-order valence-electron chi connectivity index (χ0n) is 23.8. The Morgan fingerprint density at radius 2 is 1.48 bits per heavy atom. The molecule has 3 amide bonds. The lowest BCUT2D eigenvalue weighted by atomic mass is 9.99. The van der Waals surface area contributed by atoms with Crippen molar-refractivity contribution in [1.29, 1.82) is 0 Å². The number of nitrogens with zero attached hydrogens (tertiary/aromatic N) is 5. The predicted octanol–water partition coefficient (Wildman–Crippen LogP) is 2.98. The normalized spacial score (nSPS) is 16.1. The number of fused-ring (bicyclic) bond motifs is 2. The Morgan fingerprint density at radius 3 is 2.10 bits per heavy atom. The molecule has 0 saturated carbocycles. The van der Waals surface area contributed by atoms with Gasteiger partial charge in [-0.25, -0.2) is 4.98 Å². The van der Waals surface area contributed by atoms with E-state index < -0.39 is 0 Å². The lowest BCUT2D eigenvalue weighted by Crippen LogP contribution is -2.54. The zero-order chi connectivity index (χ0) is 30.4. The largest absolute Gasteiger partial charge is 0.397 e. The lowest BCUT2D eigenvalue weighted by molar-refractivity contribution is -0.135. The monoisotopic (exact) mass is 614 g/mol. The number of amides is 3. The maximum atomic E-state index is 12.4. The number of benzene rings is 2. The highest BCUT2D eigenvalue weighted by Crippen LogP contribution is 2.30. The van der Waals surface area contributed by atoms with E-state index in [1.807, 2.05) is 43.0 Å². The molecule has 0 unspecified atom stereocenters. The number of carbonyl (C=O) groups is 3. The smallest absolute Gasteiger partial charge is 0.261 e. The Hall–Kier alpha value is -3.63. The van der Waals surface area contributed by atoms with Gasteiger partial charge in [0.2, 0.25) is 17.7 Å². The number of rotatable bonds is 6. The summed E-state index contributed by atoms with van der Waals surface area (Å²) in [5.74, 6) is 0.735. The number of hydrogen-bond donors (Lipinski definition) is 1. The highest BCUT2D eigenvalue weighted by atomic mass is 35.5. The molecular formula is C30H36Cl2N6O4. The van der Waals surface area contributed by atoms with Gasteiger partial charge in [0.05, 0.1) is 23.8 Å². The molecule has 4 heterocycles. The highest BCUT2D eigenvalue weighted by Gasteiger charge is 2.35. The summed E-state index contributed by atoms with van der Waals surface area (Å²) in [4.78, 5) is 56.7. The fourth-order valence-corrected chi connectivity index (χ4v) is 5.68. The van der Waals surface area contributed by atoms with Gasteiger partial charge in [0.15, 0.2) is 0 Å². The van der Waals surface area contributed by atoms with E-state index in [4.69, 9.17) is 28.9 Å². The fourth-order valence-electron chi connectivity index (χ4n) is 5.34. The van der Waals surface area contributed by atoms with Gasteiger partial charge in [-0.2, -0.15) is 0 Å². The third kappa shape index (κ3) is 6.71. The van der Waals surface area contributed by atoms with Crippen LogP contribution in [0.15, 0.2) is 53.6 Å². The number of aromatic nitrogens is 2. The fraction of sp³-hybridized carbons (Fsp3) is 0.433. The van der Waals surface area contributed by atoms with Crippen LogP contribution in [-0.2, 0) is 27.3 Å². The molecule has 42 heavy (non-hydrogen) atoms. The number of anilines is 2. The molecule has 2 fully saturated rings. The van der Waals surface area contributed by atoms with E-state index >= 15 is 0 Å². The first-order valence-corrected chi connectivity index (χ1v) is 15.1. The van der Waals surface area contributed by atoms with Gasteiger partial charge in [0.25, 0.3) is 5.56 Å². The van der Waals surface area contributed by atoms with Crippen LogP contribution in [0, 0.1) is 11.8 Å². The van der Waals surface area contributed by atoms with E-state index in [9.17, 15) is 19.2 Å². The highest BCUT2D eigenvalue weighted by molar-refractivity contribution is 6.27. The summed E-state index contributed by atoms with van der Waals surface area (Å²) in [6.07, 6.45) is 2.01. The first kappa shape index (κ1) is 31.3. The van der Waals surface area contributed by atoms with Gasteiger partial charge in [0, 0.05) is 56.8 Å². The summed E-state index contributed by atoms with van der Waals surface area (Å²) in [5.41, 5.74) is 8.86. The predicted molar refractivity (Wildman–Crippen MR) is 166 cm³/mol. The summed E-state index contributed by atoms with van der Waals surface area (Å²) in [6.45, 7) is 7.92. The number of nitrogen functional groups attached to an aromatic ring is 1. The van der Waals surface area contributed by atoms with Gasteiger partial charge in [-0.05, 0) is 23.8 Å². The number of nitrogens with two attached hydrogens (primary N) is 1. The summed E-state index contributed by atoms with van der Waals surface area (Å²) in [5, 5.41) is 0.519. The minimum absolute atomic E-state index is 0.00345. The first-order valence-electron chi connectivity index (χ1n) is 14.1. The van der Waals surface area contributed by atoms with Crippen molar-refractivity contribution in [3.05, 3.63) is 64.7 Å². The van der Waals surface area contributed by atoms with Crippen molar-refractivity contribution in [2.45, 2.75) is 26.8 Å². The van der Waals surface area contributed by atoms with Crippen LogP contribution in [0.5, 0.6) is 0 Å². The number of hydrogen-bond acceptors (Lipinski definition) is 6. The van der Waals surface area contributed by atoms with Crippen LogP contribution in [0.1, 0.15) is 19.4 Å². The lowest BCUT2D eigenvalue weighted by Gasteiger charge is -2.40. The standard InChI is InChI=1S/C14H15ClN4O2.C14H15ClN2O2.C2H6/c15-4-12(20)18-5-9(6-18)7-19-8-17-13-10(14(19)21)2-1-3-11(13)16;15-6-14(19)16-7-10(8-16)9-17-12-4-2-1-3-11(12)5-13(17)18;1-2/h1-3,8-9H,4-7,16H2;1-4,10H,5-9H2;1-2H3. The minimum atomic E-state index is -0.102. The zero-order valence-corrected chi connectivity index (χ0v) is 25.4. The molecule has 224 valence electrons. The van der Waals surface area contributed by atoms with Gasteiger partial charge in [-0.3, -0.25) is 23.7 Å². The van der Waals surface area contributed by atoms with Crippen molar-refractivity contribution in [1.82, 2.24) is 19.4 Å². The number of alkyl halides is 2. The van der Waals surface area contributed by atoms with Crippen molar-refractivity contribution >= 4 is 63.2 Å². The van der Waals surface area contributed by atoms with Crippen LogP contribution in [-0.4, -0.2) is 81.6 Å². The Bertz CT molecular complexity index is 1500. The van der Waals surface area contributed by atoms with E-state index in [0.717, 1.165) is 11.3 Å². The van der Waals surface area contributed by atoms with Crippen LogP contribution in [0.4, 0.5) is 11.4 Å². The first-order chi connectivity index (χ1) is 20.3. The van der Waals surface area contributed by atoms with Crippen molar-refractivity contribution in [2.24, 2.45) is 11.8 Å². The molecule has 10 nitrogen and oxygen atoms in total. The number of carbonyl (C=O) groups excluding carboxylic acids is 3. The van der Waals surface area contributed by atoms with Gasteiger partial charge in [-0.1, -0.05) is 38.1 Å². The molecule has 6 rings (SSSR count). The molecule has 3 aliphatic heterocycles. The van der Waals surface area contributed by atoms with Crippen LogP contribution in [0.2, 0.25) is 0 Å². The Labute approximate surface area is 255 Å². The van der Waals surface area contributed by atoms with Crippen molar-refractivity contribution in [3.8, 4) is 0 Å². The average molecular weight is 616 g/mol. The SMILES string of the molecule is CC.Nc1cccc2c(=O)n(CC3CN(C(=O)CCl)C3)cnc12.O=C(CCl)N1CC(CN2C(=O)Cc3ccccc32)C1. The van der Waals surface area contributed by atoms with Crippen molar-refractivity contribution < 1.29 is 14.4 Å². The molecule has 0 radical (unpaired) electrons. The molecule has 2 N–H and O–H groups in total. The van der Waals surface area contributed by atoms with Crippen LogP contribution in [0.25, 0.3) is 10.9 Å². The van der Waals surface area contributed by atoms with Crippen molar-refractivity contribution in [2.75, 3.05) is 55.1 Å². The topological polar surface area (TPSA) is 122 Å². The maximum Gasteiger partial charge on any atom is 0.261 e. The van der Waals surface area contributed by atoms with Crippen LogP contribution >= 0.6 is 23.2 Å². The second-order valence-electron chi connectivity index (χ2n) is 10.4.